The van der Waals surface area contributed by atoms with Crippen molar-refractivity contribution in [2.24, 2.45) is 11.8 Å². The number of hydrogen-bond acceptors (Lipinski definition) is 2. The van der Waals surface area contributed by atoms with Gasteiger partial charge in [-0.25, -0.2) is 0 Å². The highest BCUT2D eigenvalue weighted by Crippen LogP contribution is 2.37. The first-order valence-electron chi connectivity index (χ1n) is 4.42. The monoisotopic (exact) mass is 158 g/mol. The fourth-order valence-electron chi connectivity index (χ4n) is 1.93. The molecule has 0 radical (unpaired) electrons. The molecule has 1 rings (SSSR count). The first-order chi connectivity index (χ1) is 5.09. The first kappa shape index (κ1) is 9.01. The van der Waals surface area contributed by atoms with E-state index in [2.05, 4.69) is 6.92 Å². The van der Waals surface area contributed by atoms with Crippen molar-refractivity contribution in [3.05, 3.63) is 0 Å². The van der Waals surface area contributed by atoms with Gasteiger partial charge in [0.25, 0.3) is 0 Å². The van der Waals surface area contributed by atoms with Crippen molar-refractivity contribution in [1.82, 2.24) is 0 Å². The molecule has 1 fully saturated rings. The van der Waals surface area contributed by atoms with Crippen LogP contribution in [0.4, 0.5) is 0 Å². The SMILES string of the molecule is CC1CCCC(CO)C1(C)O. The highest BCUT2D eigenvalue weighted by molar-refractivity contribution is 4.90. The van der Waals surface area contributed by atoms with E-state index in [4.69, 9.17) is 5.11 Å². The fourth-order valence-corrected chi connectivity index (χ4v) is 1.93. The molecule has 3 atom stereocenters. The van der Waals surface area contributed by atoms with Crippen LogP contribution in [0.2, 0.25) is 0 Å². The van der Waals surface area contributed by atoms with Crippen molar-refractivity contribution >= 4 is 0 Å². The molecule has 2 heteroatoms. The second-order valence-electron chi connectivity index (χ2n) is 3.94. The van der Waals surface area contributed by atoms with Crippen LogP contribution in [0.1, 0.15) is 33.1 Å². The predicted octanol–water partition coefficient (Wildman–Crippen LogP) is 1.17. The van der Waals surface area contributed by atoms with E-state index < -0.39 is 5.60 Å². The standard InChI is InChI=1S/C9H18O2/c1-7-4-3-5-8(6-10)9(7,2)11/h7-8,10-11H,3-6H2,1-2H3. The van der Waals surface area contributed by atoms with Crippen LogP contribution in [0.3, 0.4) is 0 Å². The zero-order valence-electron chi connectivity index (χ0n) is 7.38. The summed E-state index contributed by atoms with van der Waals surface area (Å²) >= 11 is 0. The van der Waals surface area contributed by atoms with Gasteiger partial charge in [-0.15, -0.1) is 0 Å². The Labute approximate surface area is 68.2 Å². The van der Waals surface area contributed by atoms with Gasteiger partial charge in [-0.2, -0.15) is 0 Å². The van der Waals surface area contributed by atoms with Gasteiger partial charge in [0.05, 0.1) is 5.60 Å². The Morgan fingerprint density at radius 2 is 2.09 bits per heavy atom. The molecule has 0 spiro atoms. The lowest BCUT2D eigenvalue weighted by Gasteiger charge is -2.41. The Morgan fingerprint density at radius 1 is 1.45 bits per heavy atom. The maximum Gasteiger partial charge on any atom is 0.0695 e. The third kappa shape index (κ3) is 1.57. The summed E-state index contributed by atoms with van der Waals surface area (Å²) in [4.78, 5) is 0. The summed E-state index contributed by atoms with van der Waals surface area (Å²) in [5, 5.41) is 18.9. The Bertz CT molecular complexity index is 132. The van der Waals surface area contributed by atoms with E-state index in [1.165, 1.54) is 0 Å². The third-order valence-corrected chi connectivity index (χ3v) is 3.23. The average molecular weight is 158 g/mol. The van der Waals surface area contributed by atoms with Crippen LogP contribution < -0.4 is 0 Å². The number of hydrogen-bond donors (Lipinski definition) is 2. The van der Waals surface area contributed by atoms with E-state index in [0.717, 1.165) is 19.3 Å². The molecular formula is C9H18O2. The van der Waals surface area contributed by atoms with Crippen molar-refractivity contribution in [2.45, 2.75) is 38.7 Å². The topological polar surface area (TPSA) is 40.5 Å². The summed E-state index contributed by atoms with van der Waals surface area (Å²) < 4.78 is 0. The van der Waals surface area contributed by atoms with E-state index in [-0.39, 0.29) is 12.5 Å². The van der Waals surface area contributed by atoms with Crippen LogP contribution in [0.15, 0.2) is 0 Å². The maximum atomic E-state index is 9.94. The molecule has 0 aromatic heterocycles. The molecule has 2 nitrogen and oxygen atoms in total. The average Bonchev–Trinajstić information content (AvgIpc) is 1.95. The summed E-state index contributed by atoms with van der Waals surface area (Å²) in [5.74, 6) is 0.416. The molecule has 0 aliphatic heterocycles. The highest BCUT2D eigenvalue weighted by atomic mass is 16.3. The molecule has 0 heterocycles. The van der Waals surface area contributed by atoms with Gasteiger partial charge in [-0.3, -0.25) is 0 Å². The van der Waals surface area contributed by atoms with Gasteiger partial charge in [0.15, 0.2) is 0 Å². The lowest BCUT2D eigenvalue weighted by Crippen LogP contribution is -2.45. The lowest BCUT2D eigenvalue weighted by molar-refractivity contribution is -0.0889. The minimum absolute atomic E-state index is 0.0891. The molecule has 11 heavy (non-hydrogen) atoms. The summed E-state index contributed by atoms with van der Waals surface area (Å²) in [6.45, 7) is 4.02. The second-order valence-corrected chi connectivity index (χ2v) is 3.94. The molecule has 1 aliphatic carbocycles. The van der Waals surface area contributed by atoms with Crippen molar-refractivity contribution in [3.63, 3.8) is 0 Å². The van der Waals surface area contributed by atoms with Crippen LogP contribution in [0.5, 0.6) is 0 Å². The molecule has 1 saturated carbocycles. The van der Waals surface area contributed by atoms with Gasteiger partial charge in [0.1, 0.15) is 0 Å². The van der Waals surface area contributed by atoms with E-state index >= 15 is 0 Å². The fraction of sp³-hybridized carbons (Fsp3) is 1.00. The highest BCUT2D eigenvalue weighted by Gasteiger charge is 2.39. The van der Waals surface area contributed by atoms with E-state index in [1.54, 1.807) is 0 Å². The predicted molar refractivity (Wildman–Crippen MR) is 44.2 cm³/mol. The van der Waals surface area contributed by atoms with E-state index in [1.807, 2.05) is 6.92 Å². The summed E-state index contributed by atoms with van der Waals surface area (Å²) in [6, 6.07) is 0. The van der Waals surface area contributed by atoms with Crippen LogP contribution in [-0.2, 0) is 0 Å². The second kappa shape index (κ2) is 3.11. The Kier molecular flexibility index (Phi) is 2.55. The summed E-state index contributed by atoms with van der Waals surface area (Å²) in [6.07, 6.45) is 3.19. The Hall–Kier alpha value is -0.0800. The van der Waals surface area contributed by atoms with Gasteiger partial charge in [0.2, 0.25) is 0 Å². The van der Waals surface area contributed by atoms with Gasteiger partial charge < -0.3 is 10.2 Å². The molecule has 66 valence electrons. The molecule has 0 amide bonds. The van der Waals surface area contributed by atoms with Crippen molar-refractivity contribution in [3.8, 4) is 0 Å². The van der Waals surface area contributed by atoms with Crippen LogP contribution >= 0.6 is 0 Å². The number of aliphatic hydroxyl groups excluding tert-OH is 1. The first-order valence-corrected chi connectivity index (χ1v) is 4.42. The largest absolute Gasteiger partial charge is 0.396 e. The summed E-state index contributed by atoms with van der Waals surface area (Å²) in [5.41, 5.74) is -0.646. The van der Waals surface area contributed by atoms with Crippen LogP contribution in [0, 0.1) is 11.8 Å². The quantitative estimate of drug-likeness (QED) is 0.601. The van der Waals surface area contributed by atoms with Gasteiger partial charge in [-0.1, -0.05) is 13.3 Å². The molecule has 0 aromatic carbocycles. The lowest BCUT2D eigenvalue weighted by atomic mass is 9.70. The Balaban J connectivity index is 2.64. The molecule has 3 unspecified atom stereocenters. The molecule has 1 aliphatic rings. The summed E-state index contributed by atoms with van der Waals surface area (Å²) in [7, 11) is 0. The third-order valence-electron chi connectivity index (χ3n) is 3.23. The molecule has 0 bridgehead atoms. The molecule has 0 aromatic rings. The molecule has 2 N–H and O–H groups in total. The van der Waals surface area contributed by atoms with E-state index in [0.29, 0.717) is 5.92 Å². The van der Waals surface area contributed by atoms with Crippen molar-refractivity contribution < 1.29 is 10.2 Å². The molecule has 0 saturated heterocycles. The van der Waals surface area contributed by atoms with Gasteiger partial charge >= 0.3 is 0 Å². The zero-order chi connectivity index (χ0) is 8.48. The van der Waals surface area contributed by atoms with Crippen molar-refractivity contribution in [2.75, 3.05) is 6.61 Å². The minimum atomic E-state index is -0.646. The van der Waals surface area contributed by atoms with Gasteiger partial charge in [0, 0.05) is 12.5 Å². The molecular weight excluding hydrogens is 140 g/mol. The zero-order valence-corrected chi connectivity index (χ0v) is 7.38. The van der Waals surface area contributed by atoms with E-state index in [9.17, 15) is 5.11 Å². The van der Waals surface area contributed by atoms with Gasteiger partial charge in [-0.05, 0) is 25.7 Å². The normalized spacial score (nSPS) is 45.8. The Morgan fingerprint density at radius 3 is 2.55 bits per heavy atom. The minimum Gasteiger partial charge on any atom is -0.396 e. The van der Waals surface area contributed by atoms with Crippen LogP contribution in [0.25, 0.3) is 0 Å². The maximum absolute atomic E-state index is 9.94. The van der Waals surface area contributed by atoms with Crippen LogP contribution in [-0.4, -0.2) is 22.4 Å². The number of rotatable bonds is 1. The van der Waals surface area contributed by atoms with Crippen molar-refractivity contribution in [1.29, 1.82) is 0 Å². The smallest absolute Gasteiger partial charge is 0.0695 e. The number of aliphatic hydroxyl groups is 2.